The monoisotopic (exact) mass is 448 g/mol. The highest BCUT2D eigenvalue weighted by Crippen LogP contribution is 2.22. The van der Waals surface area contributed by atoms with E-state index in [2.05, 4.69) is 31.2 Å². The molecular weight excluding hydrogens is 416 g/mol. The van der Waals surface area contributed by atoms with Gasteiger partial charge in [0.05, 0.1) is 5.56 Å². The van der Waals surface area contributed by atoms with Crippen molar-refractivity contribution in [3.8, 4) is 16.9 Å². The zero-order chi connectivity index (χ0) is 22.6. The minimum Gasteiger partial charge on any atom is -0.423 e. The largest absolute Gasteiger partial charge is 0.423 e. The number of carbonyl (C=O) groups is 1. The second-order valence-corrected chi connectivity index (χ2v) is 8.78. The van der Waals surface area contributed by atoms with Gasteiger partial charge in [0.15, 0.2) is 0 Å². The SMILES string of the molecule is CCCCCCCCCCc1ccc(-c2ccc(C(=O)Oc3ccc(Cl)cc3)cc2)cc1. The van der Waals surface area contributed by atoms with Gasteiger partial charge in [-0.05, 0) is 65.9 Å². The normalized spacial score (nSPS) is 10.8. The molecule has 0 heterocycles. The van der Waals surface area contributed by atoms with Crippen LogP contribution in [-0.2, 0) is 6.42 Å². The van der Waals surface area contributed by atoms with Crippen molar-refractivity contribution in [3.05, 3.63) is 88.9 Å². The van der Waals surface area contributed by atoms with E-state index in [1.54, 1.807) is 24.3 Å². The summed E-state index contributed by atoms with van der Waals surface area (Å²) in [4.78, 5) is 12.3. The van der Waals surface area contributed by atoms with E-state index in [1.807, 2.05) is 24.3 Å². The maximum Gasteiger partial charge on any atom is 0.343 e. The Morgan fingerprint density at radius 1 is 0.688 bits per heavy atom. The topological polar surface area (TPSA) is 26.3 Å². The van der Waals surface area contributed by atoms with E-state index in [-0.39, 0.29) is 5.97 Å². The smallest absolute Gasteiger partial charge is 0.343 e. The molecule has 0 aliphatic carbocycles. The number of halogens is 1. The molecule has 0 aromatic heterocycles. The van der Waals surface area contributed by atoms with E-state index >= 15 is 0 Å². The summed E-state index contributed by atoms with van der Waals surface area (Å²) in [5, 5.41) is 0.609. The van der Waals surface area contributed by atoms with Crippen LogP contribution in [0.2, 0.25) is 5.02 Å². The molecule has 3 rings (SSSR count). The van der Waals surface area contributed by atoms with Crippen molar-refractivity contribution in [1.82, 2.24) is 0 Å². The highest BCUT2D eigenvalue weighted by atomic mass is 35.5. The van der Waals surface area contributed by atoms with E-state index in [0.717, 1.165) is 17.5 Å². The van der Waals surface area contributed by atoms with Crippen LogP contribution in [0.3, 0.4) is 0 Å². The maximum absolute atomic E-state index is 12.3. The van der Waals surface area contributed by atoms with Gasteiger partial charge in [-0.2, -0.15) is 0 Å². The van der Waals surface area contributed by atoms with Gasteiger partial charge < -0.3 is 4.74 Å². The van der Waals surface area contributed by atoms with Crippen molar-refractivity contribution < 1.29 is 9.53 Å². The highest BCUT2D eigenvalue weighted by Gasteiger charge is 2.09. The lowest BCUT2D eigenvalue weighted by Gasteiger charge is -2.07. The molecule has 3 aromatic rings. The first kappa shape index (κ1) is 24.1. The molecule has 0 aliphatic rings. The first-order valence-electron chi connectivity index (χ1n) is 11.8. The molecule has 0 aliphatic heterocycles. The minimum absolute atomic E-state index is 0.375. The number of unbranched alkanes of at least 4 members (excludes halogenated alkanes) is 7. The Morgan fingerprint density at radius 3 is 1.81 bits per heavy atom. The number of hydrogen-bond acceptors (Lipinski definition) is 2. The summed E-state index contributed by atoms with van der Waals surface area (Å²) < 4.78 is 5.40. The van der Waals surface area contributed by atoms with Crippen molar-refractivity contribution >= 4 is 17.6 Å². The van der Waals surface area contributed by atoms with Gasteiger partial charge in [-0.3, -0.25) is 0 Å². The van der Waals surface area contributed by atoms with Crippen molar-refractivity contribution in [2.45, 2.75) is 64.7 Å². The predicted molar refractivity (Wildman–Crippen MR) is 135 cm³/mol. The molecule has 0 saturated carbocycles. The third kappa shape index (κ3) is 7.84. The zero-order valence-corrected chi connectivity index (χ0v) is 19.7. The molecule has 0 radical (unpaired) electrons. The molecule has 3 heteroatoms. The fourth-order valence-corrected chi connectivity index (χ4v) is 3.92. The van der Waals surface area contributed by atoms with Gasteiger partial charge in [0.1, 0.15) is 5.75 Å². The molecule has 0 unspecified atom stereocenters. The van der Waals surface area contributed by atoms with Crippen molar-refractivity contribution in [2.75, 3.05) is 0 Å². The minimum atomic E-state index is -0.375. The summed E-state index contributed by atoms with van der Waals surface area (Å²) in [7, 11) is 0. The molecule has 0 fully saturated rings. The van der Waals surface area contributed by atoms with E-state index in [4.69, 9.17) is 16.3 Å². The predicted octanol–water partition coefficient (Wildman–Crippen LogP) is 8.91. The Labute approximate surface area is 197 Å². The van der Waals surface area contributed by atoms with Crippen LogP contribution in [0.5, 0.6) is 5.75 Å². The van der Waals surface area contributed by atoms with Crippen LogP contribution in [0.4, 0.5) is 0 Å². The summed E-state index contributed by atoms with van der Waals surface area (Å²) in [5.74, 6) is 0.107. The van der Waals surface area contributed by atoms with Gasteiger partial charge in [-0.25, -0.2) is 4.79 Å². The summed E-state index contributed by atoms with van der Waals surface area (Å²) in [6.07, 6.45) is 11.9. The number of ether oxygens (including phenoxy) is 1. The van der Waals surface area contributed by atoms with Crippen molar-refractivity contribution in [2.24, 2.45) is 0 Å². The van der Waals surface area contributed by atoms with Gasteiger partial charge in [0.25, 0.3) is 0 Å². The van der Waals surface area contributed by atoms with Gasteiger partial charge in [0.2, 0.25) is 0 Å². The van der Waals surface area contributed by atoms with Crippen LogP contribution in [0.15, 0.2) is 72.8 Å². The average Bonchev–Trinajstić information content (AvgIpc) is 2.83. The lowest BCUT2D eigenvalue weighted by Crippen LogP contribution is -2.08. The molecular formula is C29H33ClO2. The number of esters is 1. The van der Waals surface area contributed by atoms with E-state index in [9.17, 15) is 4.79 Å². The number of carbonyl (C=O) groups excluding carboxylic acids is 1. The van der Waals surface area contributed by atoms with Crippen LogP contribution >= 0.6 is 11.6 Å². The lowest BCUT2D eigenvalue weighted by molar-refractivity contribution is 0.0735. The zero-order valence-electron chi connectivity index (χ0n) is 19.0. The van der Waals surface area contributed by atoms with E-state index in [1.165, 1.54) is 56.9 Å². The van der Waals surface area contributed by atoms with E-state index in [0.29, 0.717) is 16.3 Å². The molecule has 0 spiro atoms. The fraction of sp³-hybridized carbons (Fsp3) is 0.345. The number of rotatable bonds is 12. The standard InChI is InChI=1S/C29H33ClO2/c1-2-3-4-5-6-7-8-9-10-23-11-13-24(14-12-23)25-15-17-26(18-16-25)29(31)32-28-21-19-27(30)20-22-28/h11-22H,2-10H2,1H3. The van der Waals surface area contributed by atoms with Gasteiger partial charge in [-0.15, -0.1) is 0 Å². The molecule has 0 bridgehead atoms. The first-order chi connectivity index (χ1) is 15.7. The second-order valence-electron chi connectivity index (χ2n) is 8.34. The Balaban J connectivity index is 1.45. The Kier molecular flexibility index (Phi) is 9.84. The van der Waals surface area contributed by atoms with Gasteiger partial charge >= 0.3 is 5.97 Å². The third-order valence-electron chi connectivity index (χ3n) is 5.75. The summed E-state index contributed by atoms with van der Waals surface area (Å²) in [6, 6.07) is 23.1. The van der Waals surface area contributed by atoms with Crippen LogP contribution in [0, 0.1) is 0 Å². The Hall–Kier alpha value is -2.58. The molecule has 0 atom stereocenters. The summed E-state index contributed by atoms with van der Waals surface area (Å²) in [5.41, 5.74) is 4.16. The molecule has 0 N–H and O–H groups in total. The summed E-state index contributed by atoms with van der Waals surface area (Å²) in [6.45, 7) is 2.26. The summed E-state index contributed by atoms with van der Waals surface area (Å²) >= 11 is 5.87. The van der Waals surface area contributed by atoms with Crippen molar-refractivity contribution in [1.29, 1.82) is 0 Å². The number of hydrogen-bond donors (Lipinski definition) is 0. The lowest BCUT2D eigenvalue weighted by atomic mass is 10.00. The Bertz CT molecular complexity index is 944. The molecule has 32 heavy (non-hydrogen) atoms. The highest BCUT2D eigenvalue weighted by molar-refractivity contribution is 6.30. The van der Waals surface area contributed by atoms with Gasteiger partial charge in [-0.1, -0.05) is 99.9 Å². The third-order valence-corrected chi connectivity index (χ3v) is 6.00. The van der Waals surface area contributed by atoms with Crippen LogP contribution in [0.1, 0.15) is 74.2 Å². The molecule has 168 valence electrons. The van der Waals surface area contributed by atoms with E-state index < -0.39 is 0 Å². The quantitative estimate of drug-likeness (QED) is 0.157. The fourth-order valence-electron chi connectivity index (χ4n) is 3.79. The Morgan fingerprint density at radius 2 is 1.22 bits per heavy atom. The molecule has 0 amide bonds. The van der Waals surface area contributed by atoms with Gasteiger partial charge in [0, 0.05) is 5.02 Å². The molecule has 3 aromatic carbocycles. The molecule has 0 saturated heterocycles. The number of benzene rings is 3. The van der Waals surface area contributed by atoms with Crippen LogP contribution < -0.4 is 4.74 Å². The van der Waals surface area contributed by atoms with Crippen LogP contribution in [0.25, 0.3) is 11.1 Å². The second kappa shape index (κ2) is 13.1. The van der Waals surface area contributed by atoms with Crippen LogP contribution in [-0.4, -0.2) is 5.97 Å². The number of aryl methyl sites for hydroxylation is 1. The maximum atomic E-state index is 12.3. The van der Waals surface area contributed by atoms with Crippen molar-refractivity contribution in [3.63, 3.8) is 0 Å². The molecule has 2 nitrogen and oxygen atoms in total. The first-order valence-corrected chi connectivity index (χ1v) is 12.2. The average molecular weight is 449 g/mol.